The van der Waals surface area contributed by atoms with Gasteiger partial charge in [0, 0.05) is 55.1 Å². The van der Waals surface area contributed by atoms with Crippen LogP contribution in [0.1, 0.15) is 12.8 Å². The van der Waals surface area contributed by atoms with Gasteiger partial charge in [0.1, 0.15) is 5.82 Å². The fraction of sp³-hybridized carbons (Fsp3) is 0.318. The second-order valence-corrected chi connectivity index (χ2v) is 8.04. The Balaban J connectivity index is 1.28. The number of carbonyl (C=O) groups is 1. The SMILES string of the molecule is O=C(Nc1ccc(Cl)cc1)NC1CCN(CCn2c(=O)ccc3ncc(F)cc32)CC1. The van der Waals surface area contributed by atoms with E-state index in [0.717, 1.165) is 32.1 Å². The van der Waals surface area contributed by atoms with Crippen LogP contribution < -0.4 is 16.2 Å². The first kappa shape index (κ1) is 21.3. The van der Waals surface area contributed by atoms with Gasteiger partial charge in [0.2, 0.25) is 0 Å². The maximum atomic E-state index is 13.6. The van der Waals surface area contributed by atoms with Gasteiger partial charge in [-0.15, -0.1) is 0 Å². The van der Waals surface area contributed by atoms with Crippen molar-refractivity contribution >= 4 is 34.4 Å². The van der Waals surface area contributed by atoms with Gasteiger partial charge in [-0.25, -0.2) is 9.18 Å². The number of likely N-dealkylation sites (tertiary alicyclic amines) is 1. The normalized spacial score (nSPS) is 15.2. The van der Waals surface area contributed by atoms with Crippen LogP contribution in [0.5, 0.6) is 0 Å². The molecule has 4 rings (SSSR count). The maximum absolute atomic E-state index is 13.6. The Bertz CT molecular complexity index is 1130. The van der Waals surface area contributed by atoms with Gasteiger partial charge in [0.15, 0.2) is 0 Å². The van der Waals surface area contributed by atoms with Crippen LogP contribution in [0, 0.1) is 5.82 Å². The van der Waals surface area contributed by atoms with Gasteiger partial charge in [-0.05, 0) is 43.2 Å². The molecule has 0 bridgehead atoms. The summed E-state index contributed by atoms with van der Waals surface area (Å²) in [6.07, 6.45) is 2.78. The lowest BCUT2D eigenvalue weighted by atomic mass is 10.1. The number of carbonyl (C=O) groups excluding carboxylic acids is 1. The minimum atomic E-state index is -0.462. The number of anilines is 1. The van der Waals surface area contributed by atoms with Crippen LogP contribution in [0.3, 0.4) is 0 Å². The highest BCUT2D eigenvalue weighted by Crippen LogP contribution is 2.15. The molecule has 1 aliphatic heterocycles. The lowest BCUT2D eigenvalue weighted by Gasteiger charge is -2.32. The van der Waals surface area contributed by atoms with E-state index in [1.54, 1.807) is 34.9 Å². The Kier molecular flexibility index (Phi) is 6.48. The molecule has 3 heterocycles. The molecule has 0 radical (unpaired) electrons. The van der Waals surface area contributed by atoms with Crippen molar-refractivity contribution in [3.05, 3.63) is 69.9 Å². The van der Waals surface area contributed by atoms with Gasteiger partial charge >= 0.3 is 6.03 Å². The summed E-state index contributed by atoms with van der Waals surface area (Å²) in [5.41, 5.74) is 1.61. The predicted octanol–water partition coefficient (Wildman–Crippen LogP) is 3.48. The van der Waals surface area contributed by atoms with Crippen LogP contribution >= 0.6 is 11.6 Å². The minimum absolute atomic E-state index is 0.0853. The zero-order valence-corrected chi connectivity index (χ0v) is 17.6. The largest absolute Gasteiger partial charge is 0.335 e. The third-order valence-electron chi connectivity index (χ3n) is 5.47. The number of rotatable bonds is 5. The molecule has 2 N–H and O–H groups in total. The Morgan fingerprint density at radius 2 is 1.87 bits per heavy atom. The topological polar surface area (TPSA) is 79.3 Å². The number of halogens is 2. The van der Waals surface area contributed by atoms with Crippen molar-refractivity contribution in [2.75, 3.05) is 25.0 Å². The predicted molar refractivity (Wildman–Crippen MR) is 119 cm³/mol. The average Bonchev–Trinajstić information content (AvgIpc) is 2.76. The number of hydrogen-bond acceptors (Lipinski definition) is 4. The molecule has 7 nitrogen and oxygen atoms in total. The third-order valence-corrected chi connectivity index (χ3v) is 5.72. The van der Waals surface area contributed by atoms with E-state index in [9.17, 15) is 14.0 Å². The van der Waals surface area contributed by atoms with E-state index >= 15 is 0 Å². The Hall–Kier alpha value is -2.97. The number of hydrogen-bond donors (Lipinski definition) is 2. The fourth-order valence-corrected chi connectivity index (χ4v) is 3.93. The Morgan fingerprint density at radius 1 is 1.13 bits per heavy atom. The Labute approximate surface area is 183 Å². The highest BCUT2D eigenvalue weighted by molar-refractivity contribution is 6.30. The van der Waals surface area contributed by atoms with Crippen molar-refractivity contribution in [3.8, 4) is 0 Å². The quantitative estimate of drug-likeness (QED) is 0.632. The van der Waals surface area contributed by atoms with Crippen LogP contribution in [0.2, 0.25) is 5.02 Å². The van der Waals surface area contributed by atoms with Crippen molar-refractivity contribution in [1.82, 2.24) is 19.8 Å². The fourth-order valence-electron chi connectivity index (χ4n) is 3.80. The van der Waals surface area contributed by atoms with E-state index in [1.807, 2.05) is 0 Å². The number of fused-ring (bicyclic) bond motifs is 1. The molecule has 1 aromatic carbocycles. The van der Waals surface area contributed by atoms with Crippen LogP contribution in [0.15, 0.2) is 53.5 Å². The summed E-state index contributed by atoms with van der Waals surface area (Å²) >= 11 is 5.85. The van der Waals surface area contributed by atoms with Crippen molar-refractivity contribution in [2.24, 2.45) is 0 Å². The van der Waals surface area contributed by atoms with Gasteiger partial charge in [-0.1, -0.05) is 11.6 Å². The molecule has 9 heteroatoms. The molecule has 3 aromatic rings. The van der Waals surface area contributed by atoms with Gasteiger partial charge < -0.3 is 20.1 Å². The van der Waals surface area contributed by atoms with E-state index in [-0.39, 0.29) is 17.6 Å². The molecule has 0 unspecified atom stereocenters. The highest BCUT2D eigenvalue weighted by Gasteiger charge is 2.21. The summed E-state index contributed by atoms with van der Waals surface area (Å²) in [5, 5.41) is 6.42. The number of urea groups is 1. The summed E-state index contributed by atoms with van der Waals surface area (Å²) in [7, 11) is 0. The summed E-state index contributed by atoms with van der Waals surface area (Å²) in [6, 6.07) is 11.2. The first-order valence-electron chi connectivity index (χ1n) is 10.2. The van der Waals surface area contributed by atoms with Crippen LogP contribution in [-0.4, -0.2) is 46.2 Å². The van der Waals surface area contributed by atoms with E-state index in [2.05, 4.69) is 20.5 Å². The number of piperidine rings is 1. The molecule has 31 heavy (non-hydrogen) atoms. The standard InChI is InChI=1S/C22H23ClFN5O2/c23-15-1-3-17(4-2-15)26-22(31)27-18-7-9-28(10-8-18)11-12-29-20-13-16(24)14-25-19(20)5-6-21(29)30/h1-6,13-14,18H,7-12H2,(H2,26,27,31). The lowest BCUT2D eigenvalue weighted by molar-refractivity contribution is 0.191. The van der Waals surface area contributed by atoms with Crippen molar-refractivity contribution in [3.63, 3.8) is 0 Å². The van der Waals surface area contributed by atoms with Crippen LogP contribution in [0.25, 0.3) is 11.0 Å². The lowest BCUT2D eigenvalue weighted by Crippen LogP contribution is -2.46. The van der Waals surface area contributed by atoms with Crippen LogP contribution in [-0.2, 0) is 6.54 Å². The minimum Gasteiger partial charge on any atom is -0.335 e. The number of benzene rings is 1. The number of nitrogens with one attached hydrogen (secondary N) is 2. The first-order valence-corrected chi connectivity index (χ1v) is 10.6. The van der Waals surface area contributed by atoms with E-state index in [4.69, 9.17) is 11.6 Å². The highest BCUT2D eigenvalue weighted by atomic mass is 35.5. The zero-order valence-electron chi connectivity index (χ0n) is 16.9. The molecular formula is C22H23ClFN5O2. The van der Waals surface area contributed by atoms with Gasteiger partial charge in [0.25, 0.3) is 5.56 Å². The second-order valence-electron chi connectivity index (χ2n) is 7.60. The monoisotopic (exact) mass is 443 g/mol. The van der Waals surface area contributed by atoms with Crippen LogP contribution in [0.4, 0.5) is 14.9 Å². The summed E-state index contributed by atoms with van der Waals surface area (Å²) in [6.45, 7) is 2.73. The molecule has 1 fully saturated rings. The van der Waals surface area contributed by atoms with Gasteiger partial charge in [-0.2, -0.15) is 0 Å². The molecule has 1 saturated heterocycles. The summed E-state index contributed by atoms with van der Waals surface area (Å²) < 4.78 is 15.2. The van der Waals surface area contributed by atoms with E-state index < -0.39 is 5.82 Å². The number of aromatic nitrogens is 2. The van der Waals surface area contributed by atoms with Crippen molar-refractivity contribution in [2.45, 2.75) is 25.4 Å². The first-order chi connectivity index (χ1) is 15.0. The molecule has 0 aliphatic carbocycles. The summed E-state index contributed by atoms with van der Waals surface area (Å²) in [5.74, 6) is -0.462. The molecule has 2 amide bonds. The number of pyridine rings is 2. The van der Waals surface area contributed by atoms with E-state index in [0.29, 0.717) is 34.8 Å². The molecular weight excluding hydrogens is 421 g/mol. The van der Waals surface area contributed by atoms with Gasteiger partial charge in [-0.3, -0.25) is 9.78 Å². The number of nitrogens with zero attached hydrogens (tertiary/aromatic N) is 3. The second kappa shape index (κ2) is 9.45. The molecule has 0 saturated carbocycles. The Morgan fingerprint density at radius 3 is 2.61 bits per heavy atom. The zero-order chi connectivity index (χ0) is 21.8. The summed E-state index contributed by atoms with van der Waals surface area (Å²) in [4.78, 5) is 30.8. The van der Waals surface area contributed by atoms with Crippen molar-refractivity contribution < 1.29 is 9.18 Å². The maximum Gasteiger partial charge on any atom is 0.319 e. The van der Waals surface area contributed by atoms with E-state index in [1.165, 1.54) is 12.1 Å². The molecule has 2 aromatic heterocycles. The average molecular weight is 444 g/mol. The van der Waals surface area contributed by atoms with Crippen molar-refractivity contribution in [1.29, 1.82) is 0 Å². The smallest absolute Gasteiger partial charge is 0.319 e. The molecule has 1 aliphatic rings. The number of amides is 2. The molecule has 162 valence electrons. The molecule has 0 spiro atoms. The third kappa shape index (κ3) is 5.39. The molecule has 0 atom stereocenters. The van der Waals surface area contributed by atoms with Gasteiger partial charge in [0.05, 0.1) is 17.2 Å².